The highest BCUT2D eigenvalue weighted by atomic mass is 19.3. The maximum Gasteiger partial charge on any atom is 0.298 e. The Morgan fingerprint density at radius 3 is 2.69 bits per heavy atom. The molecule has 2 aromatic rings. The van der Waals surface area contributed by atoms with Crippen LogP contribution in [0, 0.1) is 47.3 Å². The van der Waals surface area contributed by atoms with E-state index in [-0.39, 0.29) is 29.8 Å². The number of fused-ring (bicyclic) bond motifs is 2. The Kier molecular flexibility index (Phi) is 4.92. The molecule has 3 aliphatic rings. The first-order chi connectivity index (χ1) is 16.7. The van der Waals surface area contributed by atoms with Gasteiger partial charge in [-0.15, -0.1) is 0 Å². The number of benzene rings is 1. The van der Waals surface area contributed by atoms with Crippen molar-refractivity contribution < 1.29 is 18.3 Å². The molecule has 2 aliphatic carbocycles. The number of rotatable bonds is 6. The van der Waals surface area contributed by atoms with Gasteiger partial charge < -0.3 is 14.8 Å². The largest absolute Gasteiger partial charge is 0.465 e. The molecule has 2 fully saturated rings. The maximum absolute atomic E-state index is 14.4. The summed E-state index contributed by atoms with van der Waals surface area (Å²) in [7, 11) is 0. The van der Waals surface area contributed by atoms with E-state index in [4.69, 9.17) is 20.1 Å². The van der Waals surface area contributed by atoms with E-state index in [1.807, 2.05) is 32.0 Å². The molecular formula is C24H21F2N7O2. The van der Waals surface area contributed by atoms with Crippen LogP contribution in [0.25, 0.3) is 6.08 Å². The van der Waals surface area contributed by atoms with Gasteiger partial charge in [0, 0.05) is 19.0 Å². The van der Waals surface area contributed by atoms with Gasteiger partial charge in [0.2, 0.25) is 5.90 Å². The Morgan fingerprint density at radius 1 is 1.34 bits per heavy atom. The van der Waals surface area contributed by atoms with Crippen LogP contribution in [0.1, 0.15) is 35.2 Å². The number of anilines is 1. The minimum atomic E-state index is -3.17. The quantitative estimate of drug-likeness (QED) is 0.368. The third-order valence-corrected chi connectivity index (χ3v) is 6.77. The second-order valence-corrected chi connectivity index (χ2v) is 8.86. The molecule has 1 aromatic heterocycles. The SMILES string of the molecule is Cc1cc(/C=C/C#N)cc(C)c1OC(=NC=N)c1c(NC23CC2(C#N)C3(F)F)nc2n1CCCO2. The summed E-state index contributed by atoms with van der Waals surface area (Å²) in [5.74, 6) is -2.63. The Hall–Kier alpha value is -4.25. The Bertz CT molecular complexity index is 1370. The van der Waals surface area contributed by atoms with Crippen LogP contribution in [-0.4, -0.2) is 39.9 Å². The van der Waals surface area contributed by atoms with Gasteiger partial charge in [0.1, 0.15) is 17.6 Å². The summed E-state index contributed by atoms with van der Waals surface area (Å²) >= 11 is 0. The van der Waals surface area contributed by atoms with Crippen LogP contribution in [-0.2, 0) is 6.54 Å². The fraction of sp³-hybridized carbons (Fsp3) is 0.375. The molecule has 2 N–H and O–H groups in total. The highest BCUT2D eigenvalue weighted by molar-refractivity contribution is 6.02. The van der Waals surface area contributed by atoms with Crippen LogP contribution >= 0.6 is 0 Å². The lowest BCUT2D eigenvalue weighted by molar-refractivity contribution is 0.0364. The molecule has 1 aromatic carbocycles. The van der Waals surface area contributed by atoms with Gasteiger partial charge in [-0.25, -0.2) is 13.8 Å². The first-order valence-electron chi connectivity index (χ1n) is 11.0. The monoisotopic (exact) mass is 477 g/mol. The molecule has 0 bridgehead atoms. The molecule has 0 spiro atoms. The number of aryl methyl sites for hydroxylation is 2. The van der Waals surface area contributed by atoms with E-state index in [1.54, 1.807) is 16.7 Å². The summed E-state index contributed by atoms with van der Waals surface area (Å²) in [4.78, 5) is 8.48. The summed E-state index contributed by atoms with van der Waals surface area (Å²) in [6.07, 6.45) is 4.53. The first kappa shape index (κ1) is 22.5. The molecule has 35 heavy (non-hydrogen) atoms. The van der Waals surface area contributed by atoms with Gasteiger partial charge >= 0.3 is 0 Å². The molecule has 0 saturated heterocycles. The minimum absolute atomic E-state index is 0.0122. The average Bonchev–Trinajstić information content (AvgIpc) is 3.54. The number of halogens is 2. The fourth-order valence-corrected chi connectivity index (χ4v) is 4.82. The highest BCUT2D eigenvalue weighted by Crippen LogP contribution is 2.88. The summed E-state index contributed by atoms with van der Waals surface area (Å²) in [6.45, 7) is 4.57. The van der Waals surface area contributed by atoms with E-state index >= 15 is 0 Å². The highest BCUT2D eigenvalue weighted by Gasteiger charge is 3.07. The molecule has 2 unspecified atom stereocenters. The maximum atomic E-state index is 14.4. The Balaban J connectivity index is 1.55. The first-order valence-corrected chi connectivity index (χ1v) is 11.0. The summed E-state index contributed by atoms with van der Waals surface area (Å²) < 4.78 is 42.4. The van der Waals surface area contributed by atoms with Crippen LogP contribution < -0.4 is 14.8 Å². The number of allylic oxidation sites excluding steroid dienone is 1. The average molecular weight is 477 g/mol. The fourth-order valence-electron chi connectivity index (χ4n) is 4.82. The number of hydrogen-bond acceptors (Lipinski definition) is 7. The number of nitrogens with one attached hydrogen (secondary N) is 2. The molecule has 178 valence electrons. The number of hydrogen-bond donors (Lipinski definition) is 2. The molecule has 0 amide bonds. The molecule has 1 aliphatic heterocycles. The van der Waals surface area contributed by atoms with Crippen molar-refractivity contribution in [2.75, 3.05) is 11.9 Å². The molecule has 11 heteroatoms. The van der Waals surface area contributed by atoms with E-state index in [0.29, 0.717) is 25.3 Å². The molecule has 2 saturated carbocycles. The normalized spacial score (nSPS) is 25.5. The molecular weight excluding hydrogens is 456 g/mol. The van der Waals surface area contributed by atoms with E-state index < -0.39 is 16.9 Å². The molecule has 5 rings (SSSR count). The van der Waals surface area contributed by atoms with Gasteiger partial charge in [-0.3, -0.25) is 9.98 Å². The predicted molar refractivity (Wildman–Crippen MR) is 123 cm³/mol. The van der Waals surface area contributed by atoms with Crippen molar-refractivity contribution in [2.24, 2.45) is 10.4 Å². The zero-order chi connectivity index (χ0) is 25.0. The third kappa shape index (κ3) is 3.04. The van der Waals surface area contributed by atoms with Crippen molar-refractivity contribution in [1.82, 2.24) is 9.55 Å². The zero-order valence-electron chi connectivity index (χ0n) is 19.0. The molecule has 2 atom stereocenters. The van der Waals surface area contributed by atoms with Crippen LogP contribution in [0.3, 0.4) is 0 Å². The number of alkyl halides is 2. The third-order valence-electron chi connectivity index (χ3n) is 6.77. The van der Waals surface area contributed by atoms with E-state index in [2.05, 4.69) is 15.3 Å². The number of aromatic nitrogens is 2. The summed E-state index contributed by atoms with van der Waals surface area (Å²) in [6, 6.07) is 7.60. The lowest BCUT2D eigenvalue weighted by Gasteiger charge is -2.19. The lowest BCUT2D eigenvalue weighted by atomic mass is 10.1. The summed E-state index contributed by atoms with van der Waals surface area (Å²) in [5, 5.41) is 28.5. The van der Waals surface area contributed by atoms with Crippen molar-refractivity contribution in [2.45, 2.75) is 44.7 Å². The topological polar surface area (TPSA) is 132 Å². The van der Waals surface area contributed by atoms with Crippen LogP contribution in [0.4, 0.5) is 14.6 Å². The second kappa shape index (κ2) is 7.64. The van der Waals surface area contributed by atoms with Crippen molar-refractivity contribution in [1.29, 1.82) is 15.9 Å². The molecule has 2 heterocycles. The smallest absolute Gasteiger partial charge is 0.298 e. The standard InChI is InChI=1S/C24H21F2N7O2/c1-14-9-16(5-3-6-27)10-15(2)18(14)35-20(30-13-29)17-19(31-21-33(17)7-4-8-34-21)32-23-11-22(23,12-28)24(23,25)26/h3,5,9-10,13,29,32H,4,7-8,11H2,1-2H3/b5-3+,29-13?,30-20?. The Labute approximate surface area is 199 Å². The number of nitrogens with zero attached hydrogens (tertiary/aromatic N) is 5. The molecule has 0 radical (unpaired) electrons. The Morgan fingerprint density at radius 2 is 2.09 bits per heavy atom. The van der Waals surface area contributed by atoms with E-state index in [9.17, 15) is 14.0 Å². The van der Waals surface area contributed by atoms with Crippen molar-refractivity contribution in [3.8, 4) is 23.9 Å². The zero-order valence-corrected chi connectivity index (χ0v) is 19.0. The second-order valence-electron chi connectivity index (χ2n) is 8.86. The minimum Gasteiger partial charge on any atom is -0.465 e. The molecule has 9 nitrogen and oxygen atoms in total. The van der Waals surface area contributed by atoms with E-state index in [1.165, 1.54) is 6.08 Å². The lowest BCUT2D eigenvalue weighted by Crippen LogP contribution is -2.28. The van der Waals surface area contributed by atoms with Crippen molar-refractivity contribution >= 4 is 24.1 Å². The van der Waals surface area contributed by atoms with Crippen molar-refractivity contribution in [3.05, 3.63) is 40.6 Å². The number of imidazole rings is 1. The van der Waals surface area contributed by atoms with Gasteiger partial charge in [-0.1, -0.05) is 0 Å². The predicted octanol–water partition coefficient (Wildman–Crippen LogP) is 3.97. The van der Waals surface area contributed by atoms with Crippen LogP contribution in [0.15, 0.2) is 23.2 Å². The number of nitriles is 2. The van der Waals surface area contributed by atoms with E-state index in [0.717, 1.165) is 23.0 Å². The summed E-state index contributed by atoms with van der Waals surface area (Å²) in [5.41, 5.74) is -0.823. The number of ether oxygens (including phenoxy) is 2. The van der Waals surface area contributed by atoms with Gasteiger partial charge in [-0.05, 0) is 55.2 Å². The van der Waals surface area contributed by atoms with Gasteiger partial charge in [0.25, 0.3) is 11.9 Å². The number of aliphatic imine (C=N–C) groups is 1. The van der Waals surface area contributed by atoms with Gasteiger partial charge in [0.15, 0.2) is 16.9 Å². The van der Waals surface area contributed by atoms with Crippen LogP contribution in [0.2, 0.25) is 0 Å². The van der Waals surface area contributed by atoms with Crippen LogP contribution in [0.5, 0.6) is 11.8 Å². The van der Waals surface area contributed by atoms with Gasteiger partial charge in [0.05, 0.1) is 18.7 Å². The van der Waals surface area contributed by atoms with Gasteiger partial charge in [-0.2, -0.15) is 15.5 Å². The van der Waals surface area contributed by atoms with Crippen molar-refractivity contribution in [3.63, 3.8) is 0 Å².